The summed E-state index contributed by atoms with van der Waals surface area (Å²) in [7, 11) is 7.07. The third kappa shape index (κ3) is 4.07. The maximum atomic E-state index is 13.3. The van der Waals surface area contributed by atoms with Gasteiger partial charge in [0.1, 0.15) is 11.5 Å². The van der Waals surface area contributed by atoms with Gasteiger partial charge < -0.3 is 24.6 Å². The highest BCUT2D eigenvalue weighted by Crippen LogP contribution is 2.38. The van der Waals surface area contributed by atoms with E-state index >= 15 is 0 Å². The van der Waals surface area contributed by atoms with Crippen molar-refractivity contribution >= 4 is 11.9 Å². The van der Waals surface area contributed by atoms with E-state index in [0.717, 1.165) is 17.8 Å². The molecule has 1 aromatic rings. The molecule has 0 saturated carbocycles. The number of amides is 3. The Labute approximate surface area is 171 Å². The first-order valence-corrected chi connectivity index (χ1v) is 9.48. The minimum Gasteiger partial charge on any atom is -0.497 e. The Hall–Kier alpha value is -3.00. The highest BCUT2D eigenvalue weighted by Gasteiger charge is 2.43. The maximum Gasteiger partial charge on any atom is 0.322 e. The standard InChI is InChI=1S/C21H28N4O4/c1-6-7-25-17-13-24(9-8-23(2)3)20(26)18(17)19(22-21(25)27)14-10-15(28-4)12-16(11-14)29-5/h6,10-12,19H,1,7-9,13H2,2-5H3,(H,22,27)/t19-/m1/s1. The molecule has 0 aromatic heterocycles. The number of hydrogen-bond donors (Lipinski definition) is 1. The summed E-state index contributed by atoms with van der Waals surface area (Å²) in [6.45, 7) is 5.81. The molecule has 0 saturated heterocycles. The monoisotopic (exact) mass is 400 g/mol. The molecule has 0 aliphatic carbocycles. The first-order valence-electron chi connectivity index (χ1n) is 9.48. The van der Waals surface area contributed by atoms with E-state index in [0.29, 0.717) is 36.7 Å². The van der Waals surface area contributed by atoms with Crippen molar-refractivity contribution in [1.29, 1.82) is 0 Å². The van der Waals surface area contributed by atoms with Crippen molar-refractivity contribution in [3.05, 3.63) is 47.7 Å². The van der Waals surface area contributed by atoms with E-state index in [-0.39, 0.29) is 11.9 Å². The van der Waals surface area contributed by atoms with Crippen LogP contribution in [0.25, 0.3) is 0 Å². The number of likely N-dealkylation sites (N-methyl/N-ethyl adjacent to an activating group) is 1. The van der Waals surface area contributed by atoms with Crippen LogP contribution < -0.4 is 14.8 Å². The van der Waals surface area contributed by atoms with Crippen LogP contribution in [-0.2, 0) is 4.79 Å². The van der Waals surface area contributed by atoms with Gasteiger partial charge >= 0.3 is 6.03 Å². The Kier molecular flexibility index (Phi) is 6.12. The van der Waals surface area contributed by atoms with Crippen molar-refractivity contribution < 1.29 is 19.1 Å². The Bertz CT molecular complexity index is 827. The molecule has 2 aliphatic heterocycles. The van der Waals surface area contributed by atoms with E-state index in [1.165, 1.54) is 0 Å². The Morgan fingerprint density at radius 2 is 1.86 bits per heavy atom. The molecular weight excluding hydrogens is 372 g/mol. The largest absolute Gasteiger partial charge is 0.497 e. The van der Waals surface area contributed by atoms with Gasteiger partial charge in [0.15, 0.2) is 0 Å². The number of ether oxygens (including phenoxy) is 2. The third-order valence-corrected chi connectivity index (χ3v) is 5.13. The molecule has 8 heteroatoms. The summed E-state index contributed by atoms with van der Waals surface area (Å²) in [5.41, 5.74) is 2.05. The van der Waals surface area contributed by atoms with Crippen LogP contribution in [0.5, 0.6) is 11.5 Å². The zero-order chi connectivity index (χ0) is 21.1. The van der Waals surface area contributed by atoms with E-state index in [1.807, 2.05) is 31.1 Å². The zero-order valence-electron chi connectivity index (χ0n) is 17.4. The highest BCUT2D eigenvalue weighted by atomic mass is 16.5. The van der Waals surface area contributed by atoms with E-state index in [4.69, 9.17) is 9.47 Å². The van der Waals surface area contributed by atoms with Crippen LogP contribution in [0.4, 0.5) is 4.79 Å². The number of urea groups is 1. The minimum absolute atomic E-state index is 0.0669. The summed E-state index contributed by atoms with van der Waals surface area (Å²) in [5, 5.41) is 2.97. The molecule has 1 atom stereocenters. The fourth-order valence-corrected chi connectivity index (χ4v) is 3.62. The lowest BCUT2D eigenvalue weighted by molar-refractivity contribution is -0.125. The topological polar surface area (TPSA) is 74.4 Å². The normalized spacial score (nSPS) is 18.9. The average molecular weight is 400 g/mol. The molecule has 3 rings (SSSR count). The number of rotatable bonds is 8. The Balaban J connectivity index is 2.03. The summed E-state index contributed by atoms with van der Waals surface area (Å²) in [5.74, 6) is 1.13. The molecule has 2 heterocycles. The van der Waals surface area contributed by atoms with Crippen molar-refractivity contribution in [3.8, 4) is 11.5 Å². The molecule has 0 fully saturated rings. The summed E-state index contributed by atoms with van der Waals surface area (Å²) >= 11 is 0. The summed E-state index contributed by atoms with van der Waals surface area (Å²) < 4.78 is 10.7. The number of nitrogens with zero attached hydrogens (tertiary/aromatic N) is 3. The molecule has 8 nitrogen and oxygen atoms in total. The molecule has 0 unspecified atom stereocenters. The van der Waals surface area contributed by atoms with Gasteiger partial charge in [0.05, 0.1) is 38.1 Å². The van der Waals surface area contributed by atoms with Gasteiger partial charge in [-0.2, -0.15) is 0 Å². The molecule has 0 spiro atoms. The van der Waals surface area contributed by atoms with Gasteiger partial charge in [0, 0.05) is 25.7 Å². The van der Waals surface area contributed by atoms with Crippen LogP contribution in [0, 0.1) is 0 Å². The van der Waals surface area contributed by atoms with Crippen molar-refractivity contribution in [1.82, 2.24) is 20.0 Å². The average Bonchev–Trinajstić information content (AvgIpc) is 3.04. The van der Waals surface area contributed by atoms with Gasteiger partial charge in [0.25, 0.3) is 5.91 Å². The lowest BCUT2D eigenvalue weighted by Crippen LogP contribution is -2.47. The molecule has 2 aliphatic rings. The van der Waals surface area contributed by atoms with Gasteiger partial charge in [0.2, 0.25) is 0 Å². The van der Waals surface area contributed by atoms with Crippen LogP contribution in [0.15, 0.2) is 42.1 Å². The highest BCUT2D eigenvalue weighted by molar-refractivity contribution is 6.01. The fraction of sp³-hybridized carbons (Fsp3) is 0.429. The first kappa shape index (κ1) is 20.7. The summed E-state index contributed by atoms with van der Waals surface area (Å²) in [6, 6.07) is 4.57. The molecule has 3 amide bonds. The van der Waals surface area contributed by atoms with E-state index in [1.54, 1.807) is 36.2 Å². The van der Waals surface area contributed by atoms with Gasteiger partial charge in [-0.25, -0.2) is 4.79 Å². The summed E-state index contributed by atoms with van der Waals surface area (Å²) in [6.07, 6.45) is 1.66. The lowest BCUT2D eigenvalue weighted by atomic mass is 9.95. The molecule has 156 valence electrons. The Morgan fingerprint density at radius 3 is 2.41 bits per heavy atom. The predicted molar refractivity (Wildman–Crippen MR) is 110 cm³/mol. The molecule has 0 bridgehead atoms. The van der Waals surface area contributed by atoms with Gasteiger partial charge in [-0.05, 0) is 31.8 Å². The van der Waals surface area contributed by atoms with Crippen LogP contribution in [-0.4, -0.2) is 81.1 Å². The van der Waals surface area contributed by atoms with Crippen molar-refractivity contribution in [2.75, 3.05) is 54.5 Å². The number of benzene rings is 1. The molecule has 1 aromatic carbocycles. The van der Waals surface area contributed by atoms with Gasteiger partial charge in [-0.1, -0.05) is 6.08 Å². The predicted octanol–water partition coefficient (Wildman–Crippen LogP) is 1.61. The molecular formula is C21H28N4O4. The van der Waals surface area contributed by atoms with Crippen molar-refractivity contribution in [2.45, 2.75) is 6.04 Å². The van der Waals surface area contributed by atoms with Crippen LogP contribution in [0.1, 0.15) is 11.6 Å². The smallest absolute Gasteiger partial charge is 0.322 e. The quantitative estimate of drug-likeness (QED) is 0.671. The van der Waals surface area contributed by atoms with Crippen LogP contribution >= 0.6 is 0 Å². The summed E-state index contributed by atoms with van der Waals surface area (Å²) in [4.78, 5) is 31.5. The zero-order valence-corrected chi connectivity index (χ0v) is 17.4. The fourth-order valence-electron chi connectivity index (χ4n) is 3.62. The molecule has 0 radical (unpaired) electrons. The second-order valence-corrected chi connectivity index (χ2v) is 7.32. The van der Waals surface area contributed by atoms with Gasteiger partial charge in [-0.3, -0.25) is 9.69 Å². The minimum atomic E-state index is -0.570. The number of hydrogen-bond acceptors (Lipinski definition) is 5. The maximum absolute atomic E-state index is 13.3. The van der Waals surface area contributed by atoms with Crippen molar-refractivity contribution in [3.63, 3.8) is 0 Å². The number of methoxy groups -OCH3 is 2. The SMILES string of the molecule is C=CCN1C(=O)N[C@H](c2cc(OC)cc(OC)c2)C2=C1CN(CCN(C)C)C2=O. The van der Waals surface area contributed by atoms with Crippen LogP contribution in [0.2, 0.25) is 0 Å². The molecule has 29 heavy (non-hydrogen) atoms. The van der Waals surface area contributed by atoms with E-state index in [2.05, 4.69) is 11.9 Å². The second-order valence-electron chi connectivity index (χ2n) is 7.32. The number of carbonyl (C=O) groups excluding carboxylic acids is 2. The lowest BCUT2D eigenvalue weighted by Gasteiger charge is -2.33. The number of carbonyl (C=O) groups is 2. The van der Waals surface area contributed by atoms with Crippen LogP contribution in [0.3, 0.4) is 0 Å². The first-order chi connectivity index (χ1) is 13.9. The number of nitrogens with one attached hydrogen (secondary N) is 1. The molecule has 1 N–H and O–H groups in total. The van der Waals surface area contributed by atoms with E-state index < -0.39 is 6.04 Å². The second kappa shape index (κ2) is 8.57. The third-order valence-electron chi connectivity index (χ3n) is 5.13. The van der Waals surface area contributed by atoms with Crippen molar-refractivity contribution in [2.24, 2.45) is 0 Å². The van der Waals surface area contributed by atoms with E-state index in [9.17, 15) is 9.59 Å². The Morgan fingerprint density at radius 1 is 1.21 bits per heavy atom. The van der Waals surface area contributed by atoms with Gasteiger partial charge in [-0.15, -0.1) is 6.58 Å².